The van der Waals surface area contributed by atoms with Crippen LogP contribution in [-0.2, 0) is 23.9 Å². The number of fused-ring (bicyclic) bond motifs is 1. The molecule has 0 spiro atoms. The fourth-order valence-electron chi connectivity index (χ4n) is 5.44. The lowest BCUT2D eigenvalue weighted by Crippen LogP contribution is -2.50. The van der Waals surface area contributed by atoms with Gasteiger partial charge in [-0.15, -0.1) is 0 Å². The third kappa shape index (κ3) is 6.05. The topological polar surface area (TPSA) is 103 Å². The van der Waals surface area contributed by atoms with E-state index in [2.05, 4.69) is 10.3 Å². The summed E-state index contributed by atoms with van der Waals surface area (Å²) in [7, 11) is 3.09. The molecule has 1 aliphatic rings. The summed E-state index contributed by atoms with van der Waals surface area (Å²) >= 11 is 0. The van der Waals surface area contributed by atoms with Crippen LogP contribution in [0.25, 0.3) is 10.9 Å². The maximum atomic E-state index is 13.8. The number of piperidine rings is 1. The number of benzene rings is 3. The van der Waals surface area contributed by atoms with Gasteiger partial charge in [-0.1, -0.05) is 42.5 Å². The smallest absolute Gasteiger partial charge is 0.416 e. The monoisotopic (exact) mass is 579 g/mol. The Morgan fingerprint density at radius 3 is 2.29 bits per heavy atom. The minimum Gasteiger partial charge on any atom is -0.493 e. The molecule has 0 saturated carbocycles. The minimum absolute atomic E-state index is 0.00137. The molecule has 11 heteroatoms. The number of anilines is 2. The number of alkyl halides is 3. The van der Waals surface area contributed by atoms with Crippen LogP contribution in [-0.4, -0.2) is 43.2 Å². The Hall–Kier alpha value is -4.54. The maximum Gasteiger partial charge on any atom is 0.416 e. The van der Waals surface area contributed by atoms with Gasteiger partial charge < -0.3 is 25.4 Å². The van der Waals surface area contributed by atoms with E-state index in [4.69, 9.17) is 20.2 Å². The fourth-order valence-corrected chi connectivity index (χ4v) is 5.44. The predicted octanol–water partition coefficient (Wildman–Crippen LogP) is 5.39. The van der Waals surface area contributed by atoms with Gasteiger partial charge in [-0.25, -0.2) is 4.98 Å². The highest BCUT2D eigenvalue weighted by Crippen LogP contribution is 2.39. The molecule has 1 saturated heterocycles. The van der Waals surface area contributed by atoms with Crippen LogP contribution in [0.2, 0.25) is 0 Å². The van der Waals surface area contributed by atoms with Crippen LogP contribution in [0.3, 0.4) is 0 Å². The van der Waals surface area contributed by atoms with E-state index in [0.717, 1.165) is 17.7 Å². The zero-order valence-electron chi connectivity index (χ0n) is 23.4. The molecule has 0 aliphatic carbocycles. The molecule has 3 N–H and O–H groups in total. The van der Waals surface area contributed by atoms with E-state index in [1.165, 1.54) is 6.07 Å². The summed E-state index contributed by atoms with van der Waals surface area (Å²) in [5.41, 5.74) is 6.80. The van der Waals surface area contributed by atoms with Crippen molar-refractivity contribution in [1.82, 2.24) is 15.3 Å². The SMILES string of the molecule is COc1cc2nc(N3CCC(Cc4ccccc4)(C(=O)NCc4cccc(C(F)(F)F)c4)CC3)nc(N)c2cc1OC. The molecule has 2 heterocycles. The lowest BCUT2D eigenvalue weighted by molar-refractivity contribution is -0.137. The minimum atomic E-state index is -4.45. The van der Waals surface area contributed by atoms with Crippen LogP contribution < -0.4 is 25.4 Å². The lowest BCUT2D eigenvalue weighted by atomic mass is 9.73. The number of rotatable bonds is 8. The van der Waals surface area contributed by atoms with Crippen LogP contribution in [0.4, 0.5) is 24.9 Å². The van der Waals surface area contributed by atoms with Crippen LogP contribution >= 0.6 is 0 Å². The van der Waals surface area contributed by atoms with E-state index in [-0.39, 0.29) is 12.5 Å². The molecule has 5 rings (SSSR count). The lowest BCUT2D eigenvalue weighted by Gasteiger charge is -2.41. The maximum absolute atomic E-state index is 13.8. The van der Waals surface area contributed by atoms with Gasteiger partial charge in [0.15, 0.2) is 11.5 Å². The number of carbonyl (C=O) groups is 1. The third-order valence-corrected chi connectivity index (χ3v) is 7.80. The van der Waals surface area contributed by atoms with Crippen LogP contribution in [0.1, 0.15) is 29.5 Å². The molecule has 1 fully saturated rings. The van der Waals surface area contributed by atoms with Crippen molar-refractivity contribution in [3.8, 4) is 11.5 Å². The van der Waals surface area contributed by atoms with Gasteiger partial charge in [-0.05, 0) is 48.6 Å². The first kappa shape index (κ1) is 29.0. The summed E-state index contributed by atoms with van der Waals surface area (Å²) in [5, 5.41) is 3.56. The second kappa shape index (κ2) is 11.8. The number of nitrogens with two attached hydrogens (primary N) is 1. The highest BCUT2D eigenvalue weighted by atomic mass is 19.4. The van der Waals surface area contributed by atoms with E-state index < -0.39 is 17.2 Å². The van der Waals surface area contributed by atoms with Gasteiger partial charge in [0, 0.05) is 31.1 Å². The highest BCUT2D eigenvalue weighted by molar-refractivity contribution is 5.92. The number of methoxy groups -OCH3 is 2. The molecule has 220 valence electrons. The van der Waals surface area contributed by atoms with Crippen molar-refractivity contribution in [1.29, 1.82) is 0 Å². The first-order valence-corrected chi connectivity index (χ1v) is 13.5. The second-order valence-corrected chi connectivity index (χ2v) is 10.4. The average Bonchev–Trinajstić information content (AvgIpc) is 2.99. The van der Waals surface area contributed by atoms with Crippen molar-refractivity contribution < 1.29 is 27.4 Å². The molecule has 1 aliphatic heterocycles. The summed E-state index contributed by atoms with van der Waals surface area (Å²) in [5.74, 6) is 1.60. The summed E-state index contributed by atoms with van der Waals surface area (Å²) in [6.07, 6.45) is -2.98. The molecule has 0 bridgehead atoms. The van der Waals surface area contributed by atoms with Crippen LogP contribution in [0, 0.1) is 5.41 Å². The predicted molar refractivity (Wildman–Crippen MR) is 154 cm³/mol. The van der Waals surface area contributed by atoms with Gasteiger partial charge >= 0.3 is 6.18 Å². The number of nitrogens with zero attached hydrogens (tertiary/aromatic N) is 3. The molecule has 1 aromatic heterocycles. The van der Waals surface area contributed by atoms with E-state index in [9.17, 15) is 18.0 Å². The first-order chi connectivity index (χ1) is 20.1. The zero-order chi connectivity index (χ0) is 29.9. The van der Waals surface area contributed by atoms with Crippen LogP contribution in [0.5, 0.6) is 11.5 Å². The summed E-state index contributed by atoms with van der Waals surface area (Å²) < 4.78 is 50.4. The normalized spacial score (nSPS) is 14.9. The number of aromatic nitrogens is 2. The van der Waals surface area contributed by atoms with E-state index in [1.807, 2.05) is 35.2 Å². The zero-order valence-corrected chi connectivity index (χ0v) is 23.4. The van der Waals surface area contributed by atoms with Gasteiger partial charge in [-0.3, -0.25) is 4.79 Å². The number of nitrogens with one attached hydrogen (secondary N) is 1. The largest absolute Gasteiger partial charge is 0.493 e. The molecule has 0 atom stereocenters. The molecular formula is C31H32F3N5O3. The van der Waals surface area contributed by atoms with E-state index in [0.29, 0.717) is 72.1 Å². The highest BCUT2D eigenvalue weighted by Gasteiger charge is 2.42. The molecule has 1 amide bonds. The summed E-state index contributed by atoms with van der Waals surface area (Å²) in [6, 6.07) is 18.2. The van der Waals surface area contributed by atoms with E-state index >= 15 is 0 Å². The van der Waals surface area contributed by atoms with Gasteiger partial charge in [0.1, 0.15) is 5.82 Å². The molecule has 0 radical (unpaired) electrons. The molecule has 3 aromatic carbocycles. The quantitative estimate of drug-likeness (QED) is 0.288. The Labute approximate surface area is 241 Å². The Bertz CT molecular complexity index is 1570. The third-order valence-electron chi connectivity index (χ3n) is 7.80. The van der Waals surface area contributed by atoms with Crippen LogP contribution in [0.15, 0.2) is 66.7 Å². The Balaban J connectivity index is 1.37. The first-order valence-electron chi connectivity index (χ1n) is 13.5. The fraction of sp³-hybridized carbons (Fsp3) is 0.323. The summed E-state index contributed by atoms with van der Waals surface area (Å²) in [6.45, 7) is 0.975. The Kier molecular flexibility index (Phi) is 8.11. The number of ether oxygens (including phenoxy) is 2. The molecule has 4 aromatic rings. The number of amides is 1. The summed E-state index contributed by atoms with van der Waals surface area (Å²) in [4.78, 5) is 25.0. The van der Waals surface area contributed by atoms with Gasteiger partial charge in [0.25, 0.3) is 0 Å². The number of nitrogen functional groups attached to an aromatic ring is 1. The molecule has 0 unspecified atom stereocenters. The van der Waals surface area contributed by atoms with Gasteiger partial charge in [0.2, 0.25) is 11.9 Å². The standard InChI is InChI=1S/C31H32F3N5O3/c1-41-25-16-23-24(17-26(25)42-2)37-29(38-27(23)35)39-13-11-30(12-14-39,18-20-7-4-3-5-8-20)28(40)36-19-21-9-6-10-22(15-21)31(32,33)34/h3-10,15-17H,11-14,18-19H2,1-2H3,(H,36,40)(H2,35,37,38). The molecule has 8 nitrogen and oxygen atoms in total. The van der Waals surface area contributed by atoms with Gasteiger partial charge in [-0.2, -0.15) is 18.2 Å². The average molecular weight is 580 g/mol. The van der Waals surface area contributed by atoms with Crippen molar-refractivity contribution in [2.24, 2.45) is 5.41 Å². The molecular weight excluding hydrogens is 547 g/mol. The van der Waals surface area contributed by atoms with Crippen molar-refractivity contribution >= 4 is 28.6 Å². The Morgan fingerprint density at radius 1 is 0.952 bits per heavy atom. The van der Waals surface area contributed by atoms with Crippen molar-refractivity contribution in [2.45, 2.75) is 32.0 Å². The number of carbonyl (C=O) groups excluding carboxylic acids is 1. The number of hydrogen-bond donors (Lipinski definition) is 2. The van der Waals surface area contributed by atoms with Crippen molar-refractivity contribution in [2.75, 3.05) is 37.9 Å². The van der Waals surface area contributed by atoms with Crippen molar-refractivity contribution in [3.05, 3.63) is 83.4 Å². The number of halogens is 3. The van der Waals surface area contributed by atoms with E-state index in [1.54, 1.807) is 32.4 Å². The Morgan fingerprint density at radius 2 is 1.62 bits per heavy atom. The van der Waals surface area contributed by atoms with Gasteiger partial charge in [0.05, 0.1) is 30.7 Å². The van der Waals surface area contributed by atoms with Crippen molar-refractivity contribution in [3.63, 3.8) is 0 Å². The second-order valence-electron chi connectivity index (χ2n) is 10.4. The number of hydrogen-bond acceptors (Lipinski definition) is 7. The molecule has 42 heavy (non-hydrogen) atoms.